The van der Waals surface area contributed by atoms with Gasteiger partial charge in [-0.1, -0.05) is 11.6 Å². The SMILES string of the molecule is Cc1occc1CN(C)c1cc(C#N)cc(Cl)n1. The Kier molecular flexibility index (Phi) is 3.54. The van der Waals surface area contributed by atoms with E-state index in [0.717, 1.165) is 11.3 Å². The third-order valence-corrected chi connectivity index (χ3v) is 2.87. The van der Waals surface area contributed by atoms with Crippen LogP contribution in [-0.4, -0.2) is 12.0 Å². The van der Waals surface area contributed by atoms with E-state index in [2.05, 4.69) is 11.1 Å². The summed E-state index contributed by atoms with van der Waals surface area (Å²) in [7, 11) is 1.90. The van der Waals surface area contributed by atoms with Crippen molar-refractivity contribution in [2.24, 2.45) is 0 Å². The molecule has 0 unspecified atom stereocenters. The molecule has 18 heavy (non-hydrogen) atoms. The Morgan fingerprint density at radius 2 is 2.28 bits per heavy atom. The average Bonchev–Trinajstić information content (AvgIpc) is 2.74. The molecular formula is C13H12ClN3O. The van der Waals surface area contributed by atoms with Gasteiger partial charge in [0.05, 0.1) is 17.9 Å². The molecule has 0 saturated heterocycles. The summed E-state index contributed by atoms with van der Waals surface area (Å²) in [6.07, 6.45) is 1.66. The lowest BCUT2D eigenvalue weighted by atomic mass is 10.2. The summed E-state index contributed by atoms with van der Waals surface area (Å²) in [5.41, 5.74) is 1.58. The predicted molar refractivity (Wildman–Crippen MR) is 69.5 cm³/mol. The molecule has 0 aliphatic rings. The van der Waals surface area contributed by atoms with Crippen molar-refractivity contribution in [1.29, 1.82) is 5.26 Å². The lowest BCUT2D eigenvalue weighted by Crippen LogP contribution is -2.18. The molecule has 0 N–H and O–H groups in total. The van der Waals surface area contributed by atoms with Gasteiger partial charge in [0.1, 0.15) is 16.7 Å². The van der Waals surface area contributed by atoms with Crippen LogP contribution in [0.5, 0.6) is 0 Å². The van der Waals surface area contributed by atoms with E-state index >= 15 is 0 Å². The summed E-state index contributed by atoms with van der Waals surface area (Å²) >= 11 is 5.88. The zero-order valence-corrected chi connectivity index (χ0v) is 10.9. The van der Waals surface area contributed by atoms with Crippen molar-refractivity contribution in [2.75, 3.05) is 11.9 Å². The van der Waals surface area contributed by atoms with Gasteiger partial charge in [-0.3, -0.25) is 0 Å². The highest BCUT2D eigenvalue weighted by Gasteiger charge is 2.09. The fourth-order valence-electron chi connectivity index (χ4n) is 1.65. The Morgan fingerprint density at radius 1 is 1.50 bits per heavy atom. The highest BCUT2D eigenvalue weighted by molar-refractivity contribution is 6.29. The molecule has 0 amide bonds. The van der Waals surface area contributed by atoms with E-state index in [1.54, 1.807) is 18.4 Å². The molecule has 0 atom stereocenters. The first-order chi connectivity index (χ1) is 8.60. The largest absolute Gasteiger partial charge is 0.469 e. The second-order valence-electron chi connectivity index (χ2n) is 4.01. The molecule has 2 aromatic rings. The maximum Gasteiger partial charge on any atom is 0.132 e. The van der Waals surface area contributed by atoms with E-state index in [4.69, 9.17) is 21.3 Å². The average molecular weight is 262 g/mol. The first-order valence-corrected chi connectivity index (χ1v) is 5.79. The van der Waals surface area contributed by atoms with E-state index in [0.29, 0.717) is 23.1 Å². The Bertz CT molecular complexity index is 601. The number of hydrogen-bond donors (Lipinski definition) is 0. The van der Waals surface area contributed by atoms with Gasteiger partial charge in [-0.05, 0) is 25.1 Å². The van der Waals surface area contributed by atoms with Crippen LogP contribution in [0.1, 0.15) is 16.9 Å². The van der Waals surface area contributed by atoms with Crippen molar-refractivity contribution in [1.82, 2.24) is 4.98 Å². The number of aromatic nitrogens is 1. The van der Waals surface area contributed by atoms with Crippen molar-refractivity contribution in [3.05, 3.63) is 46.5 Å². The van der Waals surface area contributed by atoms with Crippen LogP contribution < -0.4 is 4.90 Å². The molecule has 0 aromatic carbocycles. The van der Waals surface area contributed by atoms with Gasteiger partial charge in [0.15, 0.2) is 0 Å². The van der Waals surface area contributed by atoms with Gasteiger partial charge in [0.25, 0.3) is 0 Å². The van der Waals surface area contributed by atoms with E-state index in [-0.39, 0.29) is 0 Å². The zero-order valence-electron chi connectivity index (χ0n) is 10.1. The van der Waals surface area contributed by atoms with Crippen molar-refractivity contribution < 1.29 is 4.42 Å². The number of nitrogens with zero attached hydrogens (tertiary/aromatic N) is 3. The number of nitriles is 1. The number of furan rings is 1. The Morgan fingerprint density at radius 3 is 2.89 bits per heavy atom. The van der Waals surface area contributed by atoms with Crippen LogP contribution in [-0.2, 0) is 6.54 Å². The highest BCUT2D eigenvalue weighted by atomic mass is 35.5. The van der Waals surface area contributed by atoms with Crippen molar-refractivity contribution in [3.63, 3.8) is 0 Å². The highest BCUT2D eigenvalue weighted by Crippen LogP contribution is 2.19. The molecule has 0 saturated carbocycles. The van der Waals surface area contributed by atoms with Crippen LogP contribution in [0.4, 0.5) is 5.82 Å². The third-order valence-electron chi connectivity index (χ3n) is 2.67. The summed E-state index contributed by atoms with van der Waals surface area (Å²) < 4.78 is 5.24. The minimum Gasteiger partial charge on any atom is -0.469 e. The molecule has 0 spiro atoms. The van der Waals surface area contributed by atoms with Crippen LogP contribution >= 0.6 is 11.6 Å². The topological polar surface area (TPSA) is 53.1 Å². The van der Waals surface area contributed by atoms with Crippen LogP contribution in [0.2, 0.25) is 5.15 Å². The molecule has 0 aliphatic carbocycles. The summed E-state index contributed by atoms with van der Waals surface area (Å²) in [5, 5.41) is 9.22. The second-order valence-corrected chi connectivity index (χ2v) is 4.39. The van der Waals surface area contributed by atoms with E-state index in [1.807, 2.05) is 24.9 Å². The number of hydrogen-bond acceptors (Lipinski definition) is 4. The normalized spacial score (nSPS) is 10.1. The van der Waals surface area contributed by atoms with Crippen LogP contribution in [0, 0.1) is 18.3 Å². The van der Waals surface area contributed by atoms with Crippen molar-refractivity contribution in [3.8, 4) is 6.07 Å². The predicted octanol–water partition coefficient (Wildman–Crippen LogP) is 3.14. The monoisotopic (exact) mass is 261 g/mol. The van der Waals surface area contributed by atoms with Crippen LogP contribution in [0.3, 0.4) is 0 Å². The van der Waals surface area contributed by atoms with Gasteiger partial charge >= 0.3 is 0 Å². The summed E-state index contributed by atoms with van der Waals surface area (Å²) in [5.74, 6) is 1.55. The third kappa shape index (κ3) is 2.63. The van der Waals surface area contributed by atoms with Crippen molar-refractivity contribution >= 4 is 17.4 Å². The van der Waals surface area contributed by atoms with Crippen molar-refractivity contribution in [2.45, 2.75) is 13.5 Å². The van der Waals surface area contributed by atoms with E-state index in [1.165, 1.54) is 0 Å². The number of halogens is 1. The number of rotatable bonds is 3. The van der Waals surface area contributed by atoms with Crippen LogP contribution in [0.25, 0.3) is 0 Å². The smallest absolute Gasteiger partial charge is 0.132 e. The molecule has 92 valence electrons. The Labute approximate surface area is 110 Å². The minimum absolute atomic E-state index is 0.319. The standard InChI is InChI=1S/C13H12ClN3O/c1-9-11(3-4-18-9)8-17(2)13-6-10(7-15)5-12(14)16-13/h3-6H,8H2,1-2H3. The molecule has 0 aliphatic heterocycles. The van der Waals surface area contributed by atoms with Gasteiger partial charge in [0.2, 0.25) is 0 Å². The van der Waals surface area contributed by atoms with E-state index in [9.17, 15) is 0 Å². The summed E-state index contributed by atoms with van der Waals surface area (Å²) in [6, 6.07) is 7.24. The number of anilines is 1. The molecule has 0 radical (unpaired) electrons. The van der Waals surface area contributed by atoms with Crippen LogP contribution in [0.15, 0.2) is 28.9 Å². The first kappa shape index (κ1) is 12.5. The summed E-state index contributed by atoms with van der Waals surface area (Å²) in [6.45, 7) is 2.57. The van der Waals surface area contributed by atoms with Gasteiger partial charge < -0.3 is 9.32 Å². The maximum atomic E-state index is 8.90. The van der Waals surface area contributed by atoms with E-state index < -0.39 is 0 Å². The zero-order chi connectivity index (χ0) is 13.1. The molecule has 4 nitrogen and oxygen atoms in total. The molecular weight excluding hydrogens is 250 g/mol. The lowest BCUT2D eigenvalue weighted by molar-refractivity contribution is 0.529. The summed E-state index contributed by atoms with van der Waals surface area (Å²) in [4.78, 5) is 6.12. The molecule has 5 heteroatoms. The van der Waals surface area contributed by atoms with Gasteiger partial charge in [-0.25, -0.2) is 4.98 Å². The minimum atomic E-state index is 0.319. The molecule has 0 fully saturated rings. The van der Waals surface area contributed by atoms with Gasteiger partial charge in [-0.2, -0.15) is 5.26 Å². The van der Waals surface area contributed by atoms with Gasteiger partial charge in [-0.15, -0.1) is 0 Å². The Hall–Kier alpha value is -1.99. The number of pyridine rings is 1. The molecule has 2 rings (SSSR count). The molecule has 2 heterocycles. The fourth-order valence-corrected chi connectivity index (χ4v) is 1.86. The van der Waals surface area contributed by atoms with Gasteiger partial charge in [0, 0.05) is 19.2 Å². The lowest BCUT2D eigenvalue weighted by Gasteiger charge is -2.18. The first-order valence-electron chi connectivity index (χ1n) is 5.42. The Balaban J connectivity index is 2.24. The fraction of sp³-hybridized carbons (Fsp3) is 0.231. The molecule has 0 bridgehead atoms. The number of aryl methyl sites for hydroxylation is 1. The second kappa shape index (κ2) is 5.11. The molecule has 2 aromatic heterocycles. The quantitative estimate of drug-likeness (QED) is 0.797. The maximum absolute atomic E-state index is 8.90.